The Hall–Kier alpha value is -0.700. The molecule has 0 saturated heterocycles. The lowest BCUT2D eigenvalue weighted by Gasteiger charge is -2.08. The number of hydrogen-bond acceptors (Lipinski definition) is 3. The van der Waals surface area contributed by atoms with Gasteiger partial charge in [-0.1, -0.05) is 84.0 Å². The third kappa shape index (κ3) is 12.3. The highest BCUT2D eigenvalue weighted by molar-refractivity contribution is 4.91. The molecule has 0 aliphatic rings. The summed E-state index contributed by atoms with van der Waals surface area (Å²) >= 11 is 0. The molecule has 120 valence electrons. The van der Waals surface area contributed by atoms with Crippen LogP contribution in [0.1, 0.15) is 90.4 Å². The van der Waals surface area contributed by atoms with E-state index in [9.17, 15) is 5.11 Å². The van der Waals surface area contributed by atoms with Crippen molar-refractivity contribution in [1.82, 2.24) is 0 Å². The quantitative estimate of drug-likeness (QED) is 0.296. The minimum Gasteiger partial charge on any atom is -0.512 e. The van der Waals surface area contributed by atoms with Crippen molar-refractivity contribution in [2.75, 3.05) is 0 Å². The van der Waals surface area contributed by atoms with E-state index in [0.717, 1.165) is 12.8 Å². The van der Waals surface area contributed by atoms with Crippen LogP contribution in [-0.2, 0) is 0 Å². The summed E-state index contributed by atoms with van der Waals surface area (Å²) in [5.74, 6) is -0.326. The molecule has 0 bridgehead atoms. The van der Waals surface area contributed by atoms with Crippen molar-refractivity contribution in [1.29, 1.82) is 0 Å². The highest BCUT2D eigenvalue weighted by atomic mass is 16.3. The molecule has 0 spiro atoms. The van der Waals surface area contributed by atoms with Crippen LogP contribution in [0.4, 0.5) is 0 Å². The standard InChI is InChI=1S/C17H34O3/c1-2-3-4-5-6-7-8-9-10-11-12-13-14-16(19)17(20)15-18/h15-16,18-20H,2-14H2,1H3. The van der Waals surface area contributed by atoms with Crippen LogP contribution >= 0.6 is 0 Å². The van der Waals surface area contributed by atoms with E-state index in [1.165, 1.54) is 64.2 Å². The van der Waals surface area contributed by atoms with Crippen molar-refractivity contribution in [2.45, 2.75) is 96.5 Å². The molecular formula is C17H34O3. The van der Waals surface area contributed by atoms with Gasteiger partial charge in [-0.15, -0.1) is 0 Å². The van der Waals surface area contributed by atoms with Crippen LogP contribution in [0.25, 0.3) is 0 Å². The average Bonchev–Trinajstić information content (AvgIpc) is 2.47. The molecule has 0 aliphatic carbocycles. The largest absolute Gasteiger partial charge is 0.512 e. The minimum atomic E-state index is -0.900. The van der Waals surface area contributed by atoms with Gasteiger partial charge in [0, 0.05) is 0 Å². The van der Waals surface area contributed by atoms with E-state index in [4.69, 9.17) is 10.2 Å². The van der Waals surface area contributed by atoms with Gasteiger partial charge in [0.15, 0.2) is 5.76 Å². The lowest BCUT2D eigenvalue weighted by atomic mass is 10.0. The van der Waals surface area contributed by atoms with Gasteiger partial charge in [-0.2, -0.15) is 0 Å². The summed E-state index contributed by atoms with van der Waals surface area (Å²) in [6.45, 7) is 2.25. The van der Waals surface area contributed by atoms with E-state index < -0.39 is 6.10 Å². The zero-order valence-electron chi connectivity index (χ0n) is 13.2. The Bertz CT molecular complexity index is 226. The normalized spacial score (nSPS) is 13.6. The number of rotatable bonds is 14. The fourth-order valence-electron chi connectivity index (χ4n) is 2.41. The van der Waals surface area contributed by atoms with Gasteiger partial charge in [-0.25, -0.2) is 0 Å². The smallest absolute Gasteiger partial charge is 0.155 e. The van der Waals surface area contributed by atoms with E-state index in [1.54, 1.807) is 0 Å². The SMILES string of the molecule is CCCCCCCCCCCCCCC(O)C(O)=CO. The maximum absolute atomic E-state index is 9.40. The van der Waals surface area contributed by atoms with E-state index in [0.29, 0.717) is 12.7 Å². The summed E-state index contributed by atoms with van der Waals surface area (Å²) in [7, 11) is 0. The monoisotopic (exact) mass is 286 g/mol. The molecule has 0 aromatic rings. The topological polar surface area (TPSA) is 60.7 Å². The van der Waals surface area contributed by atoms with Crippen molar-refractivity contribution >= 4 is 0 Å². The Labute approximate surface area is 124 Å². The van der Waals surface area contributed by atoms with E-state index >= 15 is 0 Å². The molecule has 0 rings (SSSR count). The van der Waals surface area contributed by atoms with Gasteiger partial charge in [0.2, 0.25) is 0 Å². The lowest BCUT2D eigenvalue weighted by Crippen LogP contribution is -2.09. The molecule has 0 aliphatic heterocycles. The molecule has 1 atom stereocenters. The van der Waals surface area contributed by atoms with Crippen LogP contribution in [0.2, 0.25) is 0 Å². The Morgan fingerprint density at radius 2 is 1.20 bits per heavy atom. The summed E-state index contributed by atoms with van der Waals surface area (Å²) in [4.78, 5) is 0. The summed E-state index contributed by atoms with van der Waals surface area (Å²) in [6, 6.07) is 0. The van der Waals surface area contributed by atoms with Crippen molar-refractivity contribution in [3.8, 4) is 0 Å². The average molecular weight is 286 g/mol. The van der Waals surface area contributed by atoms with Crippen LogP contribution in [0.5, 0.6) is 0 Å². The first-order valence-corrected chi connectivity index (χ1v) is 8.43. The molecule has 1 unspecified atom stereocenters. The highest BCUT2D eigenvalue weighted by Crippen LogP contribution is 2.14. The first-order valence-electron chi connectivity index (χ1n) is 8.43. The second kappa shape index (κ2) is 14.7. The molecule has 3 nitrogen and oxygen atoms in total. The molecule has 0 amide bonds. The van der Waals surface area contributed by atoms with Crippen molar-refractivity contribution in [3.05, 3.63) is 12.0 Å². The highest BCUT2D eigenvalue weighted by Gasteiger charge is 2.08. The van der Waals surface area contributed by atoms with Gasteiger partial charge in [0.1, 0.15) is 12.4 Å². The molecule has 0 aromatic heterocycles. The van der Waals surface area contributed by atoms with Crippen LogP contribution in [-0.4, -0.2) is 21.4 Å². The van der Waals surface area contributed by atoms with Gasteiger partial charge in [0.05, 0.1) is 0 Å². The zero-order chi connectivity index (χ0) is 15.1. The van der Waals surface area contributed by atoms with Crippen molar-refractivity contribution < 1.29 is 15.3 Å². The van der Waals surface area contributed by atoms with Crippen molar-refractivity contribution in [2.24, 2.45) is 0 Å². The number of unbranched alkanes of at least 4 members (excludes halogenated alkanes) is 11. The molecule has 0 fully saturated rings. The van der Waals surface area contributed by atoms with Gasteiger partial charge in [-0.05, 0) is 6.42 Å². The lowest BCUT2D eigenvalue weighted by molar-refractivity contribution is 0.134. The summed E-state index contributed by atoms with van der Waals surface area (Å²) < 4.78 is 0. The molecule has 20 heavy (non-hydrogen) atoms. The Kier molecular flexibility index (Phi) is 14.2. The van der Waals surface area contributed by atoms with Crippen LogP contribution < -0.4 is 0 Å². The zero-order valence-corrected chi connectivity index (χ0v) is 13.2. The number of aliphatic hydroxyl groups excluding tert-OH is 3. The van der Waals surface area contributed by atoms with Crippen LogP contribution in [0.15, 0.2) is 12.0 Å². The molecule has 0 saturated carbocycles. The predicted octanol–water partition coefficient (Wildman–Crippen LogP) is 5.40. The Balaban J connectivity index is 3.13. The third-order valence-corrected chi connectivity index (χ3v) is 3.80. The molecule has 3 N–H and O–H groups in total. The molecule has 0 aromatic carbocycles. The summed E-state index contributed by atoms with van der Waals surface area (Å²) in [6.07, 6.45) is 15.6. The molecule has 3 heteroatoms. The Morgan fingerprint density at radius 3 is 1.60 bits per heavy atom. The minimum absolute atomic E-state index is 0.326. The summed E-state index contributed by atoms with van der Waals surface area (Å²) in [5.41, 5.74) is 0. The van der Waals surface area contributed by atoms with Gasteiger partial charge < -0.3 is 15.3 Å². The van der Waals surface area contributed by atoms with Gasteiger partial charge in [0.25, 0.3) is 0 Å². The second-order valence-corrected chi connectivity index (χ2v) is 5.75. The fraction of sp³-hybridized carbons (Fsp3) is 0.882. The van der Waals surface area contributed by atoms with Crippen molar-refractivity contribution in [3.63, 3.8) is 0 Å². The molecule has 0 radical (unpaired) electrons. The van der Waals surface area contributed by atoms with Gasteiger partial charge in [-0.3, -0.25) is 0 Å². The maximum atomic E-state index is 9.40. The van der Waals surface area contributed by atoms with E-state index in [2.05, 4.69) is 6.92 Å². The fourth-order valence-corrected chi connectivity index (χ4v) is 2.41. The first-order chi connectivity index (χ1) is 9.72. The third-order valence-electron chi connectivity index (χ3n) is 3.80. The summed E-state index contributed by atoms with van der Waals surface area (Å²) in [5, 5.41) is 27.0. The second-order valence-electron chi connectivity index (χ2n) is 5.75. The number of aliphatic hydroxyl groups is 3. The van der Waals surface area contributed by atoms with Gasteiger partial charge >= 0.3 is 0 Å². The molecule has 0 heterocycles. The predicted molar refractivity (Wildman–Crippen MR) is 85.0 cm³/mol. The van der Waals surface area contributed by atoms with E-state index in [-0.39, 0.29) is 5.76 Å². The molecular weight excluding hydrogens is 252 g/mol. The van der Waals surface area contributed by atoms with Crippen LogP contribution in [0, 0.1) is 0 Å². The first kappa shape index (κ1) is 19.3. The van der Waals surface area contributed by atoms with E-state index in [1.807, 2.05) is 0 Å². The van der Waals surface area contributed by atoms with Crippen LogP contribution in [0.3, 0.4) is 0 Å². The Morgan fingerprint density at radius 1 is 0.800 bits per heavy atom. The number of hydrogen-bond donors (Lipinski definition) is 3. The maximum Gasteiger partial charge on any atom is 0.155 e.